The quantitative estimate of drug-likeness (QED) is 0.358. The van der Waals surface area contributed by atoms with E-state index in [2.05, 4.69) is 27.4 Å². The Labute approximate surface area is 149 Å². The van der Waals surface area contributed by atoms with Gasteiger partial charge < -0.3 is 14.7 Å². The molecule has 0 aliphatic rings. The van der Waals surface area contributed by atoms with Gasteiger partial charge in [0.1, 0.15) is 5.75 Å². The number of nitrogens with one attached hydrogen (secondary N) is 3. The SMILES string of the molecule is CCCOc1ccc(/C=N\NC(=O)c2ccc3[nH]c(=S)[nH]c3c2)cc1. The first kappa shape index (κ1) is 16.9. The number of imidazole rings is 1. The van der Waals surface area contributed by atoms with Crippen LogP contribution in [0.15, 0.2) is 47.6 Å². The summed E-state index contributed by atoms with van der Waals surface area (Å²) >= 11 is 5.03. The Bertz CT molecular complexity index is 957. The van der Waals surface area contributed by atoms with Crippen molar-refractivity contribution in [2.45, 2.75) is 13.3 Å². The van der Waals surface area contributed by atoms with Crippen molar-refractivity contribution in [3.05, 3.63) is 58.4 Å². The Hall–Kier alpha value is -2.93. The van der Waals surface area contributed by atoms with Crippen LogP contribution in [0.5, 0.6) is 5.75 Å². The molecule has 0 aliphatic heterocycles. The summed E-state index contributed by atoms with van der Waals surface area (Å²) in [6.45, 7) is 2.75. The molecule has 7 heteroatoms. The molecular formula is C18H18N4O2S. The molecule has 0 saturated carbocycles. The summed E-state index contributed by atoms with van der Waals surface area (Å²) < 4.78 is 6.05. The molecule has 6 nitrogen and oxygen atoms in total. The zero-order chi connectivity index (χ0) is 17.6. The molecule has 0 fully saturated rings. The first-order valence-corrected chi connectivity index (χ1v) is 8.35. The monoisotopic (exact) mass is 354 g/mol. The topological polar surface area (TPSA) is 82.3 Å². The Balaban J connectivity index is 1.62. The van der Waals surface area contributed by atoms with E-state index in [1.165, 1.54) is 0 Å². The Morgan fingerprint density at radius 2 is 1.96 bits per heavy atom. The Morgan fingerprint density at radius 1 is 1.20 bits per heavy atom. The molecule has 2 aromatic carbocycles. The van der Waals surface area contributed by atoms with Gasteiger partial charge in [0.15, 0.2) is 4.77 Å². The molecule has 0 saturated heterocycles. The van der Waals surface area contributed by atoms with Crippen LogP contribution >= 0.6 is 12.2 Å². The number of rotatable bonds is 6. The molecule has 1 aromatic heterocycles. The van der Waals surface area contributed by atoms with Crippen LogP contribution in [-0.4, -0.2) is 28.7 Å². The van der Waals surface area contributed by atoms with E-state index in [1.54, 1.807) is 24.4 Å². The predicted octanol–water partition coefficient (Wildman–Crippen LogP) is 3.78. The van der Waals surface area contributed by atoms with E-state index in [0.29, 0.717) is 16.9 Å². The number of carbonyl (C=O) groups is 1. The number of hydrazone groups is 1. The maximum absolute atomic E-state index is 12.2. The number of hydrogen-bond donors (Lipinski definition) is 3. The maximum atomic E-state index is 12.2. The van der Waals surface area contributed by atoms with Gasteiger partial charge >= 0.3 is 0 Å². The smallest absolute Gasteiger partial charge is 0.271 e. The summed E-state index contributed by atoms with van der Waals surface area (Å²) in [5.74, 6) is 0.529. The molecule has 128 valence electrons. The van der Waals surface area contributed by atoms with Crippen LogP contribution in [0, 0.1) is 4.77 Å². The average Bonchev–Trinajstić information content (AvgIpc) is 3.00. The molecule has 0 radical (unpaired) electrons. The molecular weight excluding hydrogens is 336 g/mol. The molecule has 3 rings (SSSR count). The number of aromatic amines is 2. The summed E-state index contributed by atoms with van der Waals surface area (Å²) in [5, 5.41) is 3.99. The summed E-state index contributed by atoms with van der Waals surface area (Å²) in [5.41, 5.74) is 5.52. The number of fused-ring (bicyclic) bond motifs is 1. The highest BCUT2D eigenvalue weighted by Gasteiger charge is 2.06. The Kier molecular flexibility index (Phi) is 5.25. The summed E-state index contributed by atoms with van der Waals surface area (Å²) in [4.78, 5) is 18.1. The van der Waals surface area contributed by atoms with Gasteiger partial charge in [-0.2, -0.15) is 5.10 Å². The number of amides is 1. The van der Waals surface area contributed by atoms with Crippen molar-refractivity contribution in [1.29, 1.82) is 0 Å². The number of hydrogen-bond acceptors (Lipinski definition) is 4. The van der Waals surface area contributed by atoms with Crippen LogP contribution in [0.4, 0.5) is 0 Å². The summed E-state index contributed by atoms with van der Waals surface area (Å²) in [7, 11) is 0. The molecule has 1 heterocycles. The predicted molar refractivity (Wildman–Crippen MR) is 101 cm³/mol. The van der Waals surface area contributed by atoms with Gasteiger partial charge in [0, 0.05) is 5.56 Å². The van der Waals surface area contributed by atoms with E-state index in [0.717, 1.165) is 28.8 Å². The molecule has 0 bridgehead atoms. The molecule has 0 aliphatic carbocycles. The van der Waals surface area contributed by atoms with Crippen LogP contribution < -0.4 is 10.2 Å². The van der Waals surface area contributed by atoms with Gasteiger partial charge in [-0.05, 0) is 66.7 Å². The van der Waals surface area contributed by atoms with E-state index in [-0.39, 0.29) is 5.91 Å². The lowest BCUT2D eigenvalue weighted by molar-refractivity contribution is 0.0955. The number of nitrogens with zero attached hydrogens (tertiary/aromatic N) is 1. The van der Waals surface area contributed by atoms with Crippen molar-refractivity contribution in [3.8, 4) is 5.75 Å². The van der Waals surface area contributed by atoms with Crippen molar-refractivity contribution in [1.82, 2.24) is 15.4 Å². The largest absolute Gasteiger partial charge is 0.494 e. The highest BCUT2D eigenvalue weighted by molar-refractivity contribution is 7.71. The average molecular weight is 354 g/mol. The van der Waals surface area contributed by atoms with Crippen LogP contribution in [-0.2, 0) is 0 Å². The molecule has 0 atom stereocenters. The third-order valence-corrected chi connectivity index (χ3v) is 3.71. The molecule has 1 amide bonds. The molecule has 3 N–H and O–H groups in total. The number of H-pyrrole nitrogens is 2. The van der Waals surface area contributed by atoms with Crippen LogP contribution in [0.2, 0.25) is 0 Å². The van der Waals surface area contributed by atoms with Crippen molar-refractivity contribution < 1.29 is 9.53 Å². The highest BCUT2D eigenvalue weighted by Crippen LogP contribution is 2.13. The third kappa shape index (κ3) is 4.33. The van der Waals surface area contributed by atoms with Gasteiger partial charge in [-0.25, -0.2) is 5.43 Å². The standard InChI is InChI=1S/C18H18N4O2S/c1-2-9-24-14-6-3-12(4-7-14)11-19-22-17(23)13-5-8-15-16(10-13)21-18(25)20-15/h3-8,10-11H,2,9H2,1H3,(H,22,23)(H2,20,21,25)/b19-11-. The first-order valence-electron chi connectivity index (χ1n) is 7.94. The molecule has 25 heavy (non-hydrogen) atoms. The lowest BCUT2D eigenvalue weighted by atomic mass is 10.2. The highest BCUT2D eigenvalue weighted by atomic mass is 32.1. The number of carbonyl (C=O) groups excluding carboxylic acids is 1. The minimum atomic E-state index is -0.290. The minimum absolute atomic E-state index is 0.290. The zero-order valence-corrected chi connectivity index (χ0v) is 14.5. The van der Waals surface area contributed by atoms with E-state index < -0.39 is 0 Å². The number of aromatic nitrogens is 2. The molecule has 0 unspecified atom stereocenters. The zero-order valence-electron chi connectivity index (χ0n) is 13.7. The second-order valence-corrected chi connectivity index (χ2v) is 5.86. The fraction of sp³-hybridized carbons (Fsp3) is 0.167. The van der Waals surface area contributed by atoms with Gasteiger partial charge in [0.05, 0.1) is 23.9 Å². The van der Waals surface area contributed by atoms with Crippen LogP contribution in [0.3, 0.4) is 0 Å². The third-order valence-electron chi connectivity index (χ3n) is 3.51. The Morgan fingerprint density at radius 3 is 2.72 bits per heavy atom. The minimum Gasteiger partial charge on any atom is -0.494 e. The van der Waals surface area contributed by atoms with Crippen LogP contribution in [0.1, 0.15) is 29.3 Å². The van der Waals surface area contributed by atoms with Crippen molar-refractivity contribution in [2.75, 3.05) is 6.61 Å². The van der Waals surface area contributed by atoms with E-state index in [4.69, 9.17) is 17.0 Å². The van der Waals surface area contributed by atoms with Gasteiger partial charge in [0.25, 0.3) is 5.91 Å². The lowest BCUT2D eigenvalue weighted by Gasteiger charge is -2.04. The van der Waals surface area contributed by atoms with Crippen molar-refractivity contribution in [2.24, 2.45) is 5.10 Å². The van der Waals surface area contributed by atoms with Gasteiger partial charge in [0.2, 0.25) is 0 Å². The second kappa shape index (κ2) is 7.76. The van der Waals surface area contributed by atoms with E-state index in [9.17, 15) is 4.79 Å². The van der Waals surface area contributed by atoms with E-state index in [1.807, 2.05) is 24.3 Å². The number of benzene rings is 2. The maximum Gasteiger partial charge on any atom is 0.271 e. The van der Waals surface area contributed by atoms with Crippen molar-refractivity contribution >= 4 is 35.4 Å². The fourth-order valence-electron chi connectivity index (χ4n) is 2.27. The molecule has 3 aromatic rings. The first-order chi connectivity index (χ1) is 12.2. The lowest BCUT2D eigenvalue weighted by Crippen LogP contribution is -2.17. The normalized spacial score (nSPS) is 11.1. The second-order valence-electron chi connectivity index (χ2n) is 5.46. The van der Waals surface area contributed by atoms with Crippen molar-refractivity contribution in [3.63, 3.8) is 0 Å². The summed E-state index contributed by atoms with van der Waals surface area (Å²) in [6, 6.07) is 12.8. The van der Waals surface area contributed by atoms with Gasteiger partial charge in [-0.1, -0.05) is 6.92 Å². The van der Waals surface area contributed by atoms with Gasteiger partial charge in [-0.15, -0.1) is 0 Å². The van der Waals surface area contributed by atoms with Gasteiger partial charge in [-0.3, -0.25) is 4.79 Å². The fourth-order valence-corrected chi connectivity index (χ4v) is 2.49. The summed E-state index contributed by atoms with van der Waals surface area (Å²) in [6.07, 6.45) is 2.55. The van der Waals surface area contributed by atoms with Crippen LogP contribution in [0.25, 0.3) is 11.0 Å². The molecule has 0 spiro atoms. The van der Waals surface area contributed by atoms with E-state index >= 15 is 0 Å². The number of ether oxygens (including phenoxy) is 1.